The van der Waals surface area contributed by atoms with E-state index in [4.69, 9.17) is 10.7 Å². The normalized spacial score (nSPS) is 23.1. The summed E-state index contributed by atoms with van der Waals surface area (Å²) in [4.78, 5) is 30.4. The van der Waals surface area contributed by atoms with Gasteiger partial charge in [0.05, 0.1) is 35.5 Å². The minimum atomic E-state index is -0.542. The number of anilines is 1. The van der Waals surface area contributed by atoms with Gasteiger partial charge in [-0.25, -0.2) is 9.50 Å². The van der Waals surface area contributed by atoms with Gasteiger partial charge in [0.25, 0.3) is 5.91 Å². The first-order valence-electron chi connectivity index (χ1n) is 10.1. The van der Waals surface area contributed by atoms with E-state index in [0.29, 0.717) is 28.7 Å². The number of aryl methyl sites for hydroxylation is 1. The molecule has 3 aromatic heterocycles. The monoisotopic (exact) mass is 408 g/mol. The number of hydrogen-bond donors (Lipinski definition) is 2. The number of aromatic nitrogens is 5. The number of fused-ring (bicyclic) bond motifs is 2. The van der Waals surface area contributed by atoms with E-state index in [2.05, 4.69) is 15.5 Å². The summed E-state index contributed by atoms with van der Waals surface area (Å²) in [7, 11) is 1.85. The molecule has 10 heteroatoms. The highest BCUT2D eigenvalue weighted by Crippen LogP contribution is 2.40. The van der Waals surface area contributed by atoms with Crippen LogP contribution >= 0.6 is 0 Å². The lowest BCUT2D eigenvalue weighted by Crippen LogP contribution is -2.29. The van der Waals surface area contributed by atoms with Crippen molar-refractivity contribution >= 4 is 23.1 Å². The maximum Gasteiger partial charge on any atom is 0.252 e. The maximum atomic E-state index is 12.1. The van der Waals surface area contributed by atoms with Crippen molar-refractivity contribution in [1.29, 1.82) is 0 Å². The Kier molecular flexibility index (Phi) is 4.23. The summed E-state index contributed by atoms with van der Waals surface area (Å²) in [5.41, 5.74) is 8.73. The van der Waals surface area contributed by atoms with Gasteiger partial charge in [-0.3, -0.25) is 14.3 Å². The molecule has 2 atom stereocenters. The average Bonchev–Trinajstić information content (AvgIpc) is 3.43. The fourth-order valence-electron chi connectivity index (χ4n) is 4.84. The van der Waals surface area contributed by atoms with Crippen molar-refractivity contribution in [2.75, 3.05) is 18.4 Å². The number of nitrogens with one attached hydrogen (secondary N) is 1. The quantitative estimate of drug-likeness (QED) is 0.661. The van der Waals surface area contributed by atoms with E-state index < -0.39 is 5.91 Å². The second-order valence-electron chi connectivity index (χ2n) is 8.35. The molecule has 0 aromatic carbocycles. The second-order valence-corrected chi connectivity index (χ2v) is 8.35. The molecule has 3 aromatic rings. The van der Waals surface area contributed by atoms with Crippen LogP contribution in [-0.2, 0) is 11.8 Å². The summed E-state index contributed by atoms with van der Waals surface area (Å²) in [5, 5.41) is 12.0. The molecule has 1 saturated heterocycles. The molecule has 0 spiro atoms. The standard InChI is InChI=1S/C20H24N8O2/c1-11(29)27-8-12-3-15(4-13(12)9-27)24-18-16(19(21)30)6-23-28-10-17(25-20(18)28)14-5-22-26(2)7-14/h5-7,10,12-13,15,24H,3-4,8-9H2,1-2H3,(H2,21,30). The minimum absolute atomic E-state index is 0.140. The van der Waals surface area contributed by atoms with Crippen molar-refractivity contribution < 1.29 is 9.59 Å². The number of carbonyl (C=O) groups excluding carboxylic acids is 2. The van der Waals surface area contributed by atoms with E-state index in [-0.39, 0.29) is 11.9 Å². The lowest BCUT2D eigenvalue weighted by Gasteiger charge is -2.20. The van der Waals surface area contributed by atoms with Crippen LogP contribution in [0.25, 0.3) is 16.9 Å². The van der Waals surface area contributed by atoms with Gasteiger partial charge in [0.1, 0.15) is 0 Å². The van der Waals surface area contributed by atoms with Gasteiger partial charge in [-0.05, 0) is 24.7 Å². The van der Waals surface area contributed by atoms with Crippen molar-refractivity contribution in [2.45, 2.75) is 25.8 Å². The van der Waals surface area contributed by atoms with Gasteiger partial charge in [-0.1, -0.05) is 0 Å². The van der Waals surface area contributed by atoms with E-state index in [1.807, 2.05) is 24.3 Å². The third-order valence-electron chi connectivity index (χ3n) is 6.30. The summed E-state index contributed by atoms with van der Waals surface area (Å²) in [6.07, 6.45) is 8.80. The van der Waals surface area contributed by atoms with Crippen molar-refractivity contribution in [1.82, 2.24) is 29.3 Å². The van der Waals surface area contributed by atoms with Crippen LogP contribution < -0.4 is 11.1 Å². The Morgan fingerprint density at radius 2 is 1.87 bits per heavy atom. The number of rotatable bonds is 4. The lowest BCUT2D eigenvalue weighted by molar-refractivity contribution is -0.128. The third-order valence-corrected chi connectivity index (χ3v) is 6.30. The summed E-state index contributed by atoms with van der Waals surface area (Å²) in [6, 6.07) is 0.192. The molecular weight excluding hydrogens is 384 g/mol. The maximum absolute atomic E-state index is 12.1. The molecule has 1 saturated carbocycles. The van der Waals surface area contributed by atoms with Crippen LogP contribution in [-0.4, -0.2) is 60.2 Å². The largest absolute Gasteiger partial charge is 0.379 e. The molecule has 0 bridgehead atoms. The SMILES string of the molecule is CC(=O)N1CC2CC(Nc3c(C(N)=O)cnn4cc(-c5cnn(C)c5)nc34)CC2C1. The van der Waals surface area contributed by atoms with Crippen molar-refractivity contribution in [3.8, 4) is 11.3 Å². The van der Waals surface area contributed by atoms with E-state index in [9.17, 15) is 9.59 Å². The summed E-state index contributed by atoms with van der Waals surface area (Å²) in [6.45, 7) is 3.24. The predicted molar refractivity (Wildman–Crippen MR) is 110 cm³/mol. The number of imidazole rings is 1. The van der Waals surface area contributed by atoms with Crippen LogP contribution in [0.5, 0.6) is 0 Å². The second kappa shape index (κ2) is 6.82. The molecule has 156 valence electrons. The van der Waals surface area contributed by atoms with Gasteiger partial charge >= 0.3 is 0 Å². The zero-order valence-electron chi connectivity index (χ0n) is 16.9. The molecule has 2 aliphatic rings. The van der Waals surface area contributed by atoms with Crippen molar-refractivity contribution in [3.63, 3.8) is 0 Å². The number of likely N-dealkylation sites (tertiary alicyclic amines) is 1. The third kappa shape index (κ3) is 3.08. The van der Waals surface area contributed by atoms with E-state index in [0.717, 1.165) is 37.2 Å². The highest BCUT2D eigenvalue weighted by molar-refractivity contribution is 6.01. The Bertz CT molecular complexity index is 1140. The number of primary amides is 1. The van der Waals surface area contributed by atoms with E-state index >= 15 is 0 Å². The molecular formula is C20H24N8O2. The van der Waals surface area contributed by atoms with Gasteiger partial charge in [0.15, 0.2) is 5.65 Å². The highest BCUT2D eigenvalue weighted by atomic mass is 16.2. The topological polar surface area (TPSA) is 123 Å². The molecule has 0 radical (unpaired) electrons. The Morgan fingerprint density at radius 1 is 1.13 bits per heavy atom. The lowest BCUT2D eigenvalue weighted by atomic mass is 10.0. The molecule has 1 aliphatic heterocycles. The van der Waals surface area contributed by atoms with Gasteiger partial charge in [0.2, 0.25) is 5.91 Å². The molecule has 10 nitrogen and oxygen atoms in total. The fraction of sp³-hybridized carbons (Fsp3) is 0.450. The molecule has 30 heavy (non-hydrogen) atoms. The van der Waals surface area contributed by atoms with Crippen molar-refractivity contribution in [3.05, 3.63) is 30.4 Å². The number of carbonyl (C=O) groups is 2. The summed E-state index contributed by atoms with van der Waals surface area (Å²) < 4.78 is 3.37. The van der Waals surface area contributed by atoms with Crippen LogP contribution in [0.15, 0.2) is 24.8 Å². The smallest absolute Gasteiger partial charge is 0.252 e. The first-order valence-corrected chi connectivity index (χ1v) is 10.1. The molecule has 1 aliphatic carbocycles. The van der Waals surface area contributed by atoms with Gasteiger partial charge < -0.3 is 16.0 Å². The number of amides is 2. The minimum Gasteiger partial charge on any atom is -0.379 e. The number of nitrogens with two attached hydrogens (primary N) is 1. The van der Waals surface area contributed by atoms with E-state index in [1.165, 1.54) is 6.20 Å². The molecule has 2 fully saturated rings. The zero-order chi connectivity index (χ0) is 21.0. The van der Waals surface area contributed by atoms with Gasteiger partial charge in [-0.15, -0.1) is 0 Å². The van der Waals surface area contributed by atoms with Crippen LogP contribution in [0.3, 0.4) is 0 Å². The molecule has 4 heterocycles. The van der Waals surface area contributed by atoms with Crippen molar-refractivity contribution in [2.24, 2.45) is 24.6 Å². The van der Waals surface area contributed by atoms with E-state index in [1.54, 1.807) is 22.3 Å². The first kappa shape index (κ1) is 18.6. The number of nitrogens with zero attached hydrogens (tertiary/aromatic N) is 6. The van der Waals surface area contributed by atoms with Crippen LogP contribution in [0, 0.1) is 11.8 Å². The molecule has 5 rings (SSSR count). The average molecular weight is 408 g/mol. The molecule has 2 unspecified atom stereocenters. The first-order chi connectivity index (χ1) is 14.4. The Balaban J connectivity index is 1.46. The van der Waals surface area contributed by atoms with Gasteiger partial charge in [0, 0.05) is 44.9 Å². The summed E-state index contributed by atoms with van der Waals surface area (Å²) in [5.74, 6) is 0.555. The molecule has 3 N–H and O–H groups in total. The zero-order valence-corrected chi connectivity index (χ0v) is 16.9. The Labute approximate surface area is 173 Å². The van der Waals surface area contributed by atoms with Crippen LogP contribution in [0.2, 0.25) is 0 Å². The Morgan fingerprint density at radius 3 is 2.47 bits per heavy atom. The van der Waals surface area contributed by atoms with Crippen LogP contribution in [0.4, 0.5) is 5.69 Å². The Hall–Kier alpha value is -3.43. The molecule has 2 amide bonds. The van der Waals surface area contributed by atoms with Crippen LogP contribution in [0.1, 0.15) is 30.1 Å². The summed E-state index contributed by atoms with van der Waals surface area (Å²) >= 11 is 0. The highest BCUT2D eigenvalue weighted by Gasteiger charge is 2.42. The fourth-order valence-corrected chi connectivity index (χ4v) is 4.84. The predicted octanol–water partition coefficient (Wildman–Crippen LogP) is 0.898. The number of hydrogen-bond acceptors (Lipinski definition) is 6. The van der Waals surface area contributed by atoms with Gasteiger partial charge in [-0.2, -0.15) is 10.2 Å².